The Hall–Kier alpha value is -1.36. The summed E-state index contributed by atoms with van der Waals surface area (Å²) in [5, 5.41) is 10.2. The second-order valence-corrected chi connectivity index (χ2v) is 5.66. The predicted molar refractivity (Wildman–Crippen MR) is 78.4 cm³/mol. The second-order valence-electron chi connectivity index (χ2n) is 3.74. The Balaban J connectivity index is 2.45. The standard InChI is InChI=1S/C13H9Cl2NO2S/c14-7-1-4-10(15)12(5-7)19-11-6-8(16)2-3-9(11)13(17)18/h1-6H,16H2,(H,17,18). The van der Waals surface area contributed by atoms with Crippen molar-refractivity contribution in [3.63, 3.8) is 0 Å². The number of carboxylic acid groups (broad SMARTS) is 1. The maximum atomic E-state index is 11.2. The molecule has 0 aliphatic carbocycles. The molecule has 2 rings (SSSR count). The molecule has 0 saturated heterocycles. The Morgan fingerprint density at radius 3 is 2.53 bits per heavy atom. The van der Waals surface area contributed by atoms with Gasteiger partial charge >= 0.3 is 5.97 Å². The Labute approximate surface area is 124 Å². The average molecular weight is 314 g/mol. The van der Waals surface area contributed by atoms with Gasteiger partial charge in [0.15, 0.2) is 0 Å². The molecule has 0 spiro atoms. The molecule has 0 unspecified atom stereocenters. The van der Waals surface area contributed by atoms with E-state index in [0.29, 0.717) is 25.5 Å². The summed E-state index contributed by atoms with van der Waals surface area (Å²) < 4.78 is 0. The summed E-state index contributed by atoms with van der Waals surface area (Å²) in [6.45, 7) is 0. The molecule has 0 amide bonds. The van der Waals surface area contributed by atoms with Crippen LogP contribution in [-0.4, -0.2) is 11.1 Å². The van der Waals surface area contributed by atoms with Crippen molar-refractivity contribution < 1.29 is 9.90 Å². The van der Waals surface area contributed by atoms with E-state index in [2.05, 4.69) is 0 Å². The molecule has 3 N–H and O–H groups in total. The van der Waals surface area contributed by atoms with Crippen LogP contribution in [0.5, 0.6) is 0 Å². The molecule has 0 heterocycles. The lowest BCUT2D eigenvalue weighted by atomic mass is 10.2. The summed E-state index contributed by atoms with van der Waals surface area (Å²) in [5.74, 6) is -1.01. The SMILES string of the molecule is Nc1ccc(C(=O)O)c(Sc2cc(Cl)ccc2Cl)c1. The number of halogens is 2. The highest BCUT2D eigenvalue weighted by molar-refractivity contribution is 7.99. The van der Waals surface area contributed by atoms with E-state index in [0.717, 1.165) is 0 Å². The van der Waals surface area contributed by atoms with E-state index in [1.165, 1.54) is 17.8 Å². The Morgan fingerprint density at radius 2 is 1.84 bits per heavy atom. The number of benzene rings is 2. The van der Waals surface area contributed by atoms with E-state index in [1.807, 2.05) is 0 Å². The smallest absolute Gasteiger partial charge is 0.336 e. The maximum Gasteiger partial charge on any atom is 0.336 e. The molecular formula is C13H9Cl2NO2S. The molecule has 0 atom stereocenters. The molecule has 19 heavy (non-hydrogen) atoms. The Kier molecular flexibility index (Phi) is 4.24. The summed E-state index contributed by atoms with van der Waals surface area (Å²) in [6.07, 6.45) is 0. The minimum atomic E-state index is -1.01. The third-order valence-corrected chi connectivity index (χ3v) is 4.14. The van der Waals surface area contributed by atoms with Gasteiger partial charge in [0, 0.05) is 20.5 Å². The van der Waals surface area contributed by atoms with Crippen LogP contribution in [0.1, 0.15) is 10.4 Å². The number of nitrogens with two attached hydrogens (primary N) is 1. The summed E-state index contributed by atoms with van der Waals surface area (Å²) in [4.78, 5) is 12.4. The van der Waals surface area contributed by atoms with Crippen LogP contribution in [0.4, 0.5) is 5.69 Å². The van der Waals surface area contributed by atoms with Crippen molar-refractivity contribution in [1.82, 2.24) is 0 Å². The molecule has 0 aliphatic heterocycles. The van der Waals surface area contributed by atoms with Crippen molar-refractivity contribution in [3.8, 4) is 0 Å². The molecule has 0 aliphatic rings. The highest BCUT2D eigenvalue weighted by atomic mass is 35.5. The van der Waals surface area contributed by atoms with Gasteiger partial charge in [-0.05, 0) is 36.4 Å². The fraction of sp³-hybridized carbons (Fsp3) is 0. The molecule has 0 bridgehead atoms. The number of hydrogen-bond donors (Lipinski definition) is 2. The van der Waals surface area contributed by atoms with Crippen LogP contribution >= 0.6 is 35.0 Å². The zero-order valence-electron chi connectivity index (χ0n) is 9.56. The van der Waals surface area contributed by atoms with Crippen LogP contribution in [0.3, 0.4) is 0 Å². The normalized spacial score (nSPS) is 10.4. The number of nitrogen functional groups attached to an aromatic ring is 1. The van der Waals surface area contributed by atoms with Crippen molar-refractivity contribution in [1.29, 1.82) is 0 Å². The van der Waals surface area contributed by atoms with E-state index >= 15 is 0 Å². The number of hydrogen-bond acceptors (Lipinski definition) is 3. The van der Waals surface area contributed by atoms with Gasteiger partial charge in [-0.2, -0.15) is 0 Å². The molecule has 98 valence electrons. The third kappa shape index (κ3) is 3.35. The fourth-order valence-corrected chi connectivity index (χ4v) is 2.99. The largest absolute Gasteiger partial charge is 0.478 e. The van der Waals surface area contributed by atoms with Gasteiger partial charge in [0.1, 0.15) is 0 Å². The van der Waals surface area contributed by atoms with Crippen molar-refractivity contribution in [2.45, 2.75) is 9.79 Å². The number of aromatic carboxylic acids is 1. The van der Waals surface area contributed by atoms with E-state index < -0.39 is 5.97 Å². The van der Waals surface area contributed by atoms with Gasteiger partial charge in [-0.15, -0.1) is 0 Å². The molecule has 6 heteroatoms. The molecule has 3 nitrogen and oxygen atoms in total. The van der Waals surface area contributed by atoms with Gasteiger partial charge in [-0.3, -0.25) is 0 Å². The number of anilines is 1. The topological polar surface area (TPSA) is 63.3 Å². The zero-order valence-corrected chi connectivity index (χ0v) is 11.9. The average Bonchev–Trinajstić information content (AvgIpc) is 2.33. The first-order chi connectivity index (χ1) is 8.97. The van der Waals surface area contributed by atoms with Crippen LogP contribution < -0.4 is 5.73 Å². The van der Waals surface area contributed by atoms with Crippen molar-refractivity contribution in [2.75, 3.05) is 5.73 Å². The lowest BCUT2D eigenvalue weighted by Crippen LogP contribution is -1.99. The highest BCUT2D eigenvalue weighted by Gasteiger charge is 2.13. The van der Waals surface area contributed by atoms with E-state index in [4.69, 9.17) is 34.0 Å². The van der Waals surface area contributed by atoms with Crippen LogP contribution in [0.25, 0.3) is 0 Å². The van der Waals surface area contributed by atoms with Gasteiger partial charge in [-0.1, -0.05) is 35.0 Å². The lowest BCUT2D eigenvalue weighted by Gasteiger charge is -2.08. The van der Waals surface area contributed by atoms with Crippen LogP contribution in [0.2, 0.25) is 10.0 Å². The van der Waals surface area contributed by atoms with Crippen molar-refractivity contribution in [2.24, 2.45) is 0 Å². The second kappa shape index (κ2) is 5.74. The monoisotopic (exact) mass is 313 g/mol. The number of carboxylic acids is 1. The Bertz CT molecular complexity index is 647. The first-order valence-corrected chi connectivity index (χ1v) is 6.80. The molecule has 0 aromatic heterocycles. The molecule has 2 aromatic rings. The molecular weight excluding hydrogens is 305 g/mol. The van der Waals surface area contributed by atoms with Gasteiger partial charge in [0.05, 0.1) is 10.6 Å². The quantitative estimate of drug-likeness (QED) is 0.823. The molecule has 0 fully saturated rings. The van der Waals surface area contributed by atoms with Crippen LogP contribution in [-0.2, 0) is 0 Å². The molecule has 0 saturated carbocycles. The predicted octanol–water partition coefficient (Wildman–Crippen LogP) is 4.43. The fourth-order valence-electron chi connectivity index (χ4n) is 1.47. The summed E-state index contributed by atoms with van der Waals surface area (Å²) in [7, 11) is 0. The van der Waals surface area contributed by atoms with E-state index in [9.17, 15) is 4.79 Å². The molecule has 0 radical (unpaired) electrons. The summed E-state index contributed by atoms with van der Waals surface area (Å²) >= 11 is 13.2. The minimum absolute atomic E-state index is 0.176. The van der Waals surface area contributed by atoms with Gasteiger partial charge in [0.25, 0.3) is 0 Å². The molecule has 2 aromatic carbocycles. The van der Waals surface area contributed by atoms with Gasteiger partial charge in [-0.25, -0.2) is 4.79 Å². The summed E-state index contributed by atoms with van der Waals surface area (Å²) in [6, 6.07) is 9.64. The van der Waals surface area contributed by atoms with Crippen molar-refractivity contribution in [3.05, 3.63) is 52.0 Å². The Morgan fingerprint density at radius 1 is 1.11 bits per heavy atom. The van der Waals surface area contributed by atoms with E-state index in [-0.39, 0.29) is 5.56 Å². The first kappa shape index (κ1) is 14.1. The van der Waals surface area contributed by atoms with Crippen LogP contribution in [0.15, 0.2) is 46.2 Å². The minimum Gasteiger partial charge on any atom is -0.478 e. The summed E-state index contributed by atoms with van der Waals surface area (Å²) in [5.41, 5.74) is 6.35. The first-order valence-electron chi connectivity index (χ1n) is 5.23. The van der Waals surface area contributed by atoms with E-state index in [1.54, 1.807) is 30.3 Å². The lowest BCUT2D eigenvalue weighted by molar-refractivity contribution is 0.0693. The zero-order chi connectivity index (χ0) is 14.0. The van der Waals surface area contributed by atoms with Crippen molar-refractivity contribution >= 4 is 46.6 Å². The maximum absolute atomic E-state index is 11.2. The van der Waals surface area contributed by atoms with Crippen LogP contribution in [0, 0.1) is 0 Å². The third-order valence-electron chi connectivity index (χ3n) is 2.35. The number of rotatable bonds is 3. The number of carbonyl (C=O) groups is 1. The highest BCUT2D eigenvalue weighted by Crippen LogP contribution is 2.37. The van der Waals surface area contributed by atoms with Gasteiger partial charge < -0.3 is 10.8 Å². The van der Waals surface area contributed by atoms with Gasteiger partial charge in [0.2, 0.25) is 0 Å².